The van der Waals surface area contributed by atoms with Gasteiger partial charge in [-0.1, -0.05) is 95.3 Å². The van der Waals surface area contributed by atoms with Crippen molar-refractivity contribution >= 4 is 59.2 Å². The van der Waals surface area contributed by atoms with E-state index in [0.29, 0.717) is 12.0 Å². The fourth-order valence-electron chi connectivity index (χ4n) is 7.28. The number of ether oxygens (including phenoxy) is 1. The fraction of sp³-hybridized carbons (Fsp3) is 0.542. The first-order chi connectivity index (χ1) is 32.8. The van der Waals surface area contributed by atoms with Gasteiger partial charge in [-0.15, -0.1) is 0 Å². The van der Waals surface area contributed by atoms with Crippen molar-refractivity contribution in [1.29, 1.82) is 0 Å². The van der Waals surface area contributed by atoms with Gasteiger partial charge < -0.3 is 63.6 Å². The van der Waals surface area contributed by atoms with Crippen molar-refractivity contribution < 1.29 is 58.1 Å². The molecule has 0 aliphatic carbocycles. The predicted molar refractivity (Wildman–Crippen MR) is 260 cm³/mol. The lowest BCUT2D eigenvalue weighted by molar-refractivity contribution is -0.146. The first kappa shape index (κ1) is 59.0. The van der Waals surface area contributed by atoms with Gasteiger partial charge in [0.25, 0.3) is 5.91 Å². The molecule has 0 radical (unpaired) electrons. The van der Waals surface area contributed by atoms with Crippen LogP contribution in [0.25, 0.3) is 0 Å². The lowest BCUT2D eigenvalue weighted by Crippen LogP contribution is -2.59. The SMILES string of the molecule is C=C1NC(=O)CC[C@H](C(=O)O)NC(=O)C(C)C(/C=C/C(C)=C/C(C)C(Cc2ccccc2)OC)NC(=O)C(CCCN=C(N)N)NC(=O)[C@@H](C)C(C(=O)O)NC(=O)[C@H](CC(C)C)NC(=O)[C@@H](C)NC1=O. The Balaban J connectivity index is 2.70. The van der Waals surface area contributed by atoms with E-state index in [4.69, 9.17) is 16.2 Å². The zero-order valence-electron chi connectivity index (χ0n) is 41.2. The van der Waals surface area contributed by atoms with Crippen LogP contribution in [0.15, 0.2) is 71.4 Å². The van der Waals surface area contributed by atoms with Crippen molar-refractivity contribution in [3.05, 3.63) is 72.0 Å². The number of nitrogens with one attached hydrogen (secondary N) is 7. The number of aliphatic carboxylic acids is 2. The summed E-state index contributed by atoms with van der Waals surface area (Å²) in [5, 5.41) is 37.5. The maximum absolute atomic E-state index is 14.3. The Kier molecular flexibility index (Phi) is 24.5. The number of carbonyl (C=O) groups excluding carboxylic acids is 7. The Morgan fingerprint density at radius 2 is 1.44 bits per heavy atom. The summed E-state index contributed by atoms with van der Waals surface area (Å²) in [5.74, 6) is -12.7. The van der Waals surface area contributed by atoms with Gasteiger partial charge in [0, 0.05) is 26.0 Å². The normalized spacial score (nSPS) is 25.4. The maximum atomic E-state index is 14.3. The van der Waals surface area contributed by atoms with E-state index in [1.54, 1.807) is 34.0 Å². The largest absolute Gasteiger partial charge is 0.480 e. The van der Waals surface area contributed by atoms with Crippen LogP contribution in [0.1, 0.15) is 86.1 Å². The molecular weight excluding hydrogens is 909 g/mol. The number of rotatable bonds is 15. The minimum atomic E-state index is -1.88. The van der Waals surface area contributed by atoms with E-state index in [0.717, 1.165) is 5.56 Å². The number of allylic oxidation sites excluding steroid dienone is 2. The Hall–Kier alpha value is -7.10. The number of hydrogen-bond acceptors (Lipinski definition) is 11. The fourth-order valence-corrected chi connectivity index (χ4v) is 7.28. The molecule has 2 rings (SSSR count). The molecule has 10 atom stereocenters. The van der Waals surface area contributed by atoms with Crippen LogP contribution in [-0.2, 0) is 54.3 Å². The smallest absolute Gasteiger partial charge is 0.327 e. The molecule has 0 aromatic heterocycles. The standard InChI is InChI=1S/C48H72N10O12/c1-25(2)22-36-45(65)58-39(47(68)69)29(6)41(61)55-34(16-13-21-51-48(49)50)44(64)54-33(18-17-26(3)23-27(4)37(70-9)24-32-14-11-10-12-15-32)28(5)40(60)56-35(46(66)67)19-20-38(59)52-30(7)42(62)53-31(8)43(63)57-36/h10-12,14-15,17-18,23,25,27-29,31,33-37,39H,7,13,16,19-22,24H2,1-6,8-9H3,(H,52,59)(H,53,62)(H,54,64)(H,55,61)(H,56,60)(H,57,63)(H,58,65)(H,66,67)(H,68,69)(H4,49,50,51)/b18-17+,26-23+/t27?,28?,29-,31+,33?,34?,35+,36-,37?,39?/m0/s1. The van der Waals surface area contributed by atoms with Crippen LogP contribution in [0.4, 0.5) is 0 Å². The molecule has 1 aromatic carbocycles. The van der Waals surface area contributed by atoms with Gasteiger partial charge in [0.15, 0.2) is 5.96 Å². The summed E-state index contributed by atoms with van der Waals surface area (Å²) < 4.78 is 5.81. The predicted octanol–water partition coefficient (Wildman–Crippen LogP) is 0.276. The van der Waals surface area contributed by atoms with Gasteiger partial charge in [-0.25, -0.2) is 9.59 Å². The zero-order chi connectivity index (χ0) is 52.8. The molecular formula is C48H72N10O12. The number of carboxylic acid groups (broad SMARTS) is 2. The molecule has 13 N–H and O–H groups in total. The van der Waals surface area contributed by atoms with Crippen LogP contribution in [0.3, 0.4) is 0 Å². The first-order valence-electron chi connectivity index (χ1n) is 23.1. The van der Waals surface area contributed by atoms with Crippen molar-refractivity contribution in [1.82, 2.24) is 37.2 Å². The first-order valence-corrected chi connectivity index (χ1v) is 23.1. The van der Waals surface area contributed by atoms with Crippen molar-refractivity contribution in [2.24, 2.45) is 40.1 Å². The molecule has 1 saturated heterocycles. The van der Waals surface area contributed by atoms with Crippen LogP contribution in [0.2, 0.25) is 0 Å². The molecule has 70 heavy (non-hydrogen) atoms. The van der Waals surface area contributed by atoms with E-state index >= 15 is 0 Å². The molecule has 6 unspecified atom stereocenters. The summed E-state index contributed by atoms with van der Waals surface area (Å²) in [5.41, 5.74) is 12.3. The maximum Gasteiger partial charge on any atom is 0.327 e. The van der Waals surface area contributed by atoms with Gasteiger partial charge in [-0.3, -0.25) is 38.6 Å². The van der Waals surface area contributed by atoms with Crippen LogP contribution < -0.4 is 48.7 Å². The Labute approximate surface area is 408 Å². The van der Waals surface area contributed by atoms with Crippen molar-refractivity contribution in [2.75, 3.05) is 13.7 Å². The molecule has 0 saturated carbocycles. The number of amides is 7. The van der Waals surface area contributed by atoms with E-state index in [9.17, 15) is 53.4 Å². The van der Waals surface area contributed by atoms with E-state index in [1.807, 2.05) is 43.3 Å². The highest BCUT2D eigenvalue weighted by Gasteiger charge is 2.37. The minimum Gasteiger partial charge on any atom is -0.480 e. The molecule has 1 aliphatic heterocycles. The average molecular weight is 981 g/mol. The lowest BCUT2D eigenvalue weighted by atomic mass is 9.94. The third kappa shape index (κ3) is 20.2. The molecule has 386 valence electrons. The van der Waals surface area contributed by atoms with Gasteiger partial charge in [0.1, 0.15) is 30.2 Å². The van der Waals surface area contributed by atoms with Gasteiger partial charge >= 0.3 is 11.9 Å². The number of aliphatic imine (C=N–C) groups is 1. The van der Waals surface area contributed by atoms with Gasteiger partial charge in [0.05, 0.1) is 29.7 Å². The highest BCUT2D eigenvalue weighted by Crippen LogP contribution is 2.19. The molecule has 22 heteroatoms. The topological polar surface area (TPSA) is 352 Å². The lowest BCUT2D eigenvalue weighted by Gasteiger charge is -2.28. The number of nitrogens with two attached hydrogens (primary N) is 2. The van der Waals surface area contributed by atoms with Crippen molar-refractivity contribution in [3.63, 3.8) is 0 Å². The summed E-state index contributed by atoms with van der Waals surface area (Å²) in [4.78, 5) is 124. The number of nitrogens with zero attached hydrogens (tertiary/aromatic N) is 1. The average Bonchev–Trinajstić information content (AvgIpc) is 3.29. The summed E-state index contributed by atoms with van der Waals surface area (Å²) in [7, 11) is 1.61. The van der Waals surface area contributed by atoms with Crippen LogP contribution >= 0.6 is 0 Å². The molecule has 7 amide bonds. The number of guanidine groups is 1. The zero-order valence-corrected chi connectivity index (χ0v) is 41.2. The third-order valence-electron chi connectivity index (χ3n) is 11.5. The molecule has 22 nitrogen and oxygen atoms in total. The van der Waals surface area contributed by atoms with E-state index in [2.05, 4.69) is 48.8 Å². The third-order valence-corrected chi connectivity index (χ3v) is 11.5. The number of carbonyl (C=O) groups is 9. The van der Waals surface area contributed by atoms with E-state index in [1.165, 1.54) is 26.8 Å². The summed E-state index contributed by atoms with van der Waals surface area (Å²) in [6.07, 6.45) is 4.59. The number of hydrogen-bond donors (Lipinski definition) is 11. The number of benzene rings is 1. The van der Waals surface area contributed by atoms with E-state index < -0.39 is 120 Å². The van der Waals surface area contributed by atoms with E-state index in [-0.39, 0.29) is 49.7 Å². The molecule has 1 aliphatic rings. The quantitative estimate of drug-likeness (QED) is 0.0370. The Bertz CT molecular complexity index is 2120. The highest BCUT2D eigenvalue weighted by atomic mass is 16.5. The Morgan fingerprint density at radius 1 is 0.829 bits per heavy atom. The van der Waals surface area contributed by atoms with Gasteiger partial charge in [-0.05, 0) is 57.4 Å². The molecule has 0 bridgehead atoms. The molecule has 0 spiro atoms. The summed E-state index contributed by atoms with van der Waals surface area (Å²) >= 11 is 0. The number of carboxylic acids is 2. The van der Waals surface area contributed by atoms with Crippen LogP contribution in [0.5, 0.6) is 0 Å². The summed E-state index contributed by atoms with van der Waals surface area (Å²) in [6, 6.07) is 0.990. The second-order valence-corrected chi connectivity index (χ2v) is 17.9. The Morgan fingerprint density at radius 3 is 2.03 bits per heavy atom. The molecule has 1 fully saturated rings. The van der Waals surface area contributed by atoms with Crippen LogP contribution in [0, 0.1) is 23.7 Å². The van der Waals surface area contributed by atoms with Crippen molar-refractivity contribution in [2.45, 2.75) is 129 Å². The monoisotopic (exact) mass is 981 g/mol. The van der Waals surface area contributed by atoms with Gasteiger partial charge in [0.2, 0.25) is 35.4 Å². The van der Waals surface area contributed by atoms with Gasteiger partial charge in [-0.2, -0.15) is 0 Å². The second kappa shape index (κ2) is 29.0. The number of methoxy groups -OCH3 is 1. The molecule has 1 aromatic rings. The molecule has 1 heterocycles. The summed E-state index contributed by atoms with van der Waals surface area (Å²) in [6.45, 7) is 14.7. The highest BCUT2D eigenvalue weighted by molar-refractivity contribution is 6.00. The minimum absolute atomic E-state index is 0.00493. The second-order valence-electron chi connectivity index (χ2n) is 17.9. The van der Waals surface area contributed by atoms with Crippen LogP contribution in [-0.4, -0.2) is 125 Å². The van der Waals surface area contributed by atoms with Crippen molar-refractivity contribution in [3.8, 4) is 0 Å².